The second kappa shape index (κ2) is 12.2. The lowest BCUT2D eigenvalue weighted by Gasteiger charge is -2.12. The number of ether oxygens (including phenoxy) is 3. The average molecular weight is 441 g/mol. The van der Waals surface area contributed by atoms with Gasteiger partial charge in [0.2, 0.25) is 5.91 Å². The van der Waals surface area contributed by atoms with E-state index in [-0.39, 0.29) is 12.3 Å². The Bertz CT molecular complexity index is 832. The molecule has 2 aromatic carbocycles. The lowest BCUT2D eigenvalue weighted by atomic mass is 10.2. The van der Waals surface area contributed by atoms with Gasteiger partial charge in [0, 0.05) is 18.6 Å². The third kappa shape index (κ3) is 7.81. The summed E-state index contributed by atoms with van der Waals surface area (Å²) in [4.78, 5) is 24.2. The van der Waals surface area contributed by atoms with Crippen molar-refractivity contribution in [1.82, 2.24) is 10.9 Å². The van der Waals surface area contributed by atoms with E-state index in [1.165, 1.54) is 0 Å². The Kier molecular flexibility index (Phi) is 9.56. The van der Waals surface area contributed by atoms with Crippen LogP contribution in [0.15, 0.2) is 42.5 Å². The molecule has 2 N–H and O–H groups in total. The van der Waals surface area contributed by atoms with Gasteiger partial charge in [-0.25, -0.2) is 0 Å². The fourth-order valence-electron chi connectivity index (χ4n) is 2.28. The van der Waals surface area contributed by atoms with Crippen LogP contribution in [0.1, 0.15) is 23.2 Å². The number of methoxy groups -OCH3 is 1. The summed E-state index contributed by atoms with van der Waals surface area (Å²) in [7, 11) is 1.56. The number of hydrogen-bond acceptors (Lipinski definition) is 5. The molecule has 0 bridgehead atoms. The van der Waals surface area contributed by atoms with E-state index < -0.39 is 5.91 Å². The molecule has 2 rings (SSSR count). The number of nitrogens with one attached hydrogen (secondary N) is 2. The van der Waals surface area contributed by atoms with Crippen LogP contribution in [-0.4, -0.2) is 38.7 Å². The van der Waals surface area contributed by atoms with Crippen LogP contribution in [0, 0.1) is 0 Å². The van der Waals surface area contributed by atoms with Gasteiger partial charge in [-0.15, -0.1) is 0 Å². The normalized spacial score (nSPS) is 10.3. The van der Waals surface area contributed by atoms with E-state index in [1.807, 2.05) is 0 Å². The Morgan fingerprint density at radius 1 is 0.931 bits per heavy atom. The zero-order valence-corrected chi connectivity index (χ0v) is 17.4. The van der Waals surface area contributed by atoms with Crippen LogP contribution < -0.4 is 20.3 Å². The number of carbonyl (C=O) groups is 2. The van der Waals surface area contributed by atoms with Crippen molar-refractivity contribution in [2.45, 2.75) is 12.8 Å². The maximum absolute atomic E-state index is 12.3. The van der Waals surface area contributed by atoms with Gasteiger partial charge in [-0.3, -0.25) is 20.4 Å². The van der Waals surface area contributed by atoms with E-state index in [0.29, 0.717) is 53.3 Å². The summed E-state index contributed by atoms with van der Waals surface area (Å²) in [6, 6.07) is 11.7. The Hall–Kier alpha value is -2.48. The molecule has 0 saturated carbocycles. The zero-order valence-electron chi connectivity index (χ0n) is 15.9. The molecule has 0 unspecified atom stereocenters. The maximum Gasteiger partial charge on any atom is 0.273 e. The van der Waals surface area contributed by atoms with Gasteiger partial charge in [0.15, 0.2) is 0 Å². The molecule has 2 amide bonds. The molecule has 0 aliphatic heterocycles. The summed E-state index contributed by atoms with van der Waals surface area (Å²) in [5.41, 5.74) is 5.06. The van der Waals surface area contributed by atoms with E-state index in [0.717, 1.165) is 0 Å². The van der Waals surface area contributed by atoms with Crippen molar-refractivity contribution in [2.75, 3.05) is 26.9 Å². The van der Waals surface area contributed by atoms with Crippen molar-refractivity contribution < 1.29 is 23.8 Å². The number of amides is 2. The molecule has 2 aromatic rings. The van der Waals surface area contributed by atoms with Gasteiger partial charge in [0.05, 0.1) is 23.8 Å². The molecule has 0 aromatic heterocycles. The van der Waals surface area contributed by atoms with Gasteiger partial charge >= 0.3 is 0 Å². The van der Waals surface area contributed by atoms with Crippen LogP contribution in [0.5, 0.6) is 11.5 Å². The highest BCUT2D eigenvalue weighted by molar-refractivity contribution is 6.35. The molecule has 0 spiro atoms. The van der Waals surface area contributed by atoms with Crippen LogP contribution in [-0.2, 0) is 9.53 Å². The minimum absolute atomic E-state index is 0.164. The Morgan fingerprint density at radius 2 is 1.69 bits per heavy atom. The number of hydrazine groups is 1. The first-order valence-electron chi connectivity index (χ1n) is 8.89. The summed E-state index contributed by atoms with van der Waals surface area (Å²) in [5, 5.41) is 0.920. The van der Waals surface area contributed by atoms with Crippen molar-refractivity contribution in [2.24, 2.45) is 0 Å². The third-order valence-electron chi connectivity index (χ3n) is 3.69. The van der Waals surface area contributed by atoms with Crippen LogP contribution in [0.2, 0.25) is 10.0 Å². The van der Waals surface area contributed by atoms with E-state index in [1.54, 1.807) is 49.6 Å². The van der Waals surface area contributed by atoms with E-state index in [4.69, 9.17) is 37.4 Å². The number of halogens is 2. The quantitative estimate of drug-likeness (QED) is 0.435. The number of para-hydroxylation sites is 1. The number of hydrogen-bond donors (Lipinski definition) is 2. The lowest BCUT2D eigenvalue weighted by Crippen LogP contribution is -2.41. The molecule has 0 atom stereocenters. The summed E-state index contributed by atoms with van der Waals surface area (Å²) < 4.78 is 15.9. The summed E-state index contributed by atoms with van der Waals surface area (Å²) in [6.07, 6.45) is 0.606. The topological polar surface area (TPSA) is 85.9 Å². The number of carbonyl (C=O) groups excluding carboxylic acids is 2. The van der Waals surface area contributed by atoms with E-state index >= 15 is 0 Å². The van der Waals surface area contributed by atoms with Crippen molar-refractivity contribution in [3.8, 4) is 11.5 Å². The Morgan fingerprint density at radius 3 is 2.45 bits per heavy atom. The van der Waals surface area contributed by atoms with Gasteiger partial charge in [0.1, 0.15) is 18.1 Å². The van der Waals surface area contributed by atoms with Gasteiger partial charge in [-0.2, -0.15) is 0 Å². The highest BCUT2D eigenvalue weighted by atomic mass is 35.5. The fourth-order valence-corrected chi connectivity index (χ4v) is 2.74. The molecule has 7 nitrogen and oxygen atoms in total. The van der Waals surface area contributed by atoms with Gasteiger partial charge in [-0.1, -0.05) is 35.3 Å². The van der Waals surface area contributed by atoms with Crippen LogP contribution in [0.4, 0.5) is 0 Å². The maximum atomic E-state index is 12.3. The predicted molar refractivity (Wildman–Crippen MR) is 111 cm³/mol. The van der Waals surface area contributed by atoms with Crippen LogP contribution >= 0.6 is 23.2 Å². The predicted octanol–water partition coefficient (Wildman–Crippen LogP) is 3.64. The number of benzene rings is 2. The second-order valence-corrected chi connectivity index (χ2v) is 6.71. The summed E-state index contributed by atoms with van der Waals surface area (Å²) in [5.74, 6) is 0.0805. The Labute approximate surface area is 179 Å². The molecular formula is C20H22Cl2N2O5. The van der Waals surface area contributed by atoms with E-state index in [2.05, 4.69) is 10.9 Å². The minimum atomic E-state index is -0.476. The van der Waals surface area contributed by atoms with Crippen molar-refractivity contribution in [3.05, 3.63) is 58.1 Å². The van der Waals surface area contributed by atoms with Crippen LogP contribution in [0.3, 0.4) is 0 Å². The molecule has 0 saturated heterocycles. The van der Waals surface area contributed by atoms with Gasteiger partial charge < -0.3 is 14.2 Å². The largest absolute Gasteiger partial charge is 0.492 e. The smallest absolute Gasteiger partial charge is 0.273 e. The highest BCUT2D eigenvalue weighted by Gasteiger charge is 2.13. The first-order valence-corrected chi connectivity index (χ1v) is 9.64. The first kappa shape index (κ1) is 22.8. The second-order valence-electron chi connectivity index (χ2n) is 5.87. The molecule has 0 aliphatic carbocycles. The molecule has 0 heterocycles. The monoisotopic (exact) mass is 440 g/mol. The molecule has 0 aliphatic rings. The minimum Gasteiger partial charge on any atom is -0.492 e. The summed E-state index contributed by atoms with van der Waals surface area (Å²) in [6.45, 7) is 1.000. The van der Waals surface area contributed by atoms with Crippen molar-refractivity contribution in [3.63, 3.8) is 0 Å². The molecule has 156 valence electrons. The summed E-state index contributed by atoms with van der Waals surface area (Å²) >= 11 is 11.8. The lowest BCUT2D eigenvalue weighted by molar-refractivity contribution is -0.122. The fraction of sp³-hybridized carbons (Fsp3) is 0.300. The third-order valence-corrected chi connectivity index (χ3v) is 4.22. The van der Waals surface area contributed by atoms with Crippen molar-refractivity contribution in [1.29, 1.82) is 0 Å². The SMILES string of the molecule is COCCOc1ccccc1C(=O)NNC(=O)CCCOc1ccc(Cl)cc1Cl. The molecule has 29 heavy (non-hydrogen) atoms. The van der Waals surface area contributed by atoms with Gasteiger partial charge in [0.25, 0.3) is 5.91 Å². The zero-order chi connectivity index (χ0) is 21.1. The first-order chi connectivity index (χ1) is 14.0. The van der Waals surface area contributed by atoms with Crippen LogP contribution in [0.25, 0.3) is 0 Å². The number of rotatable bonds is 10. The average Bonchev–Trinajstić information content (AvgIpc) is 2.71. The van der Waals surface area contributed by atoms with Gasteiger partial charge in [-0.05, 0) is 36.8 Å². The molecule has 0 radical (unpaired) electrons. The molecule has 0 fully saturated rings. The molecular weight excluding hydrogens is 419 g/mol. The standard InChI is InChI=1S/C20H22Cl2N2O5/c1-27-11-12-29-17-6-3-2-5-15(17)20(26)24-23-19(25)7-4-10-28-18-9-8-14(21)13-16(18)22/h2-3,5-6,8-9,13H,4,7,10-12H2,1H3,(H,23,25)(H,24,26). The van der Waals surface area contributed by atoms with E-state index in [9.17, 15) is 9.59 Å². The highest BCUT2D eigenvalue weighted by Crippen LogP contribution is 2.27. The van der Waals surface area contributed by atoms with Crippen molar-refractivity contribution >= 4 is 35.0 Å². The Balaban J connectivity index is 1.72. The molecule has 9 heteroatoms.